The first-order valence-electron chi connectivity index (χ1n) is 10.6. The van der Waals surface area contributed by atoms with Gasteiger partial charge >= 0.3 is 0 Å². The Kier molecular flexibility index (Phi) is 7.11. The van der Waals surface area contributed by atoms with E-state index < -0.39 is 0 Å². The summed E-state index contributed by atoms with van der Waals surface area (Å²) in [7, 11) is 0. The number of nitrogens with zero attached hydrogens (tertiary/aromatic N) is 3. The van der Waals surface area contributed by atoms with E-state index in [-0.39, 0.29) is 30.2 Å². The van der Waals surface area contributed by atoms with E-state index in [4.69, 9.17) is 0 Å². The number of nitrogens with one attached hydrogen (secondary N) is 1. The lowest BCUT2D eigenvalue weighted by Gasteiger charge is -2.35. The molecule has 0 saturated carbocycles. The molecule has 0 bridgehead atoms. The van der Waals surface area contributed by atoms with Crippen molar-refractivity contribution >= 4 is 40.7 Å². The van der Waals surface area contributed by atoms with Crippen LogP contribution in [0.1, 0.15) is 54.2 Å². The summed E-state index contributed by atoms with van der Waals surface area (Å²) in [4.78, 5) is 24.6. The summed E-state index contributed by atoms with van der Waals surface area (Å²) >= 11 is 0. The first-order valence-corrected chi connectivity index (χ1v) is 10.6. The minimum absolute atomic E-state index is 0. The summed E-state index contributed by atoms with van der Waals surface area (Å²) in [6, 6.07) is 8.96. The maximum atomic E-state index is 13.8. The van der Waals surface area contributed by atoms with Crippen molar-refractivity contribution < 1.29 is 9.18 Å². The highest BCUT2D eigenvalue weighted by Crippen LogP contribution is 2.32. The predicted octanol–water partition coefficient (Wildman–Crippen LogP) is 5.96. The van der Waals surface area contributed by atoms with Crippen LogP contribution in [-0.2, 0) is 0 Å². The van der Waals surface area contributed by atoms with Gasteiger partial charge in [0.15, 0.2) is 5.65 Å². The molecule has 31 heavy (non-hydrogen) atoms. The van der Waals surface area contributed by atoms with E-state index in [1.54, 1.807) is 25.3 Å². The van der Waals surface area contributed by atoms with Crippen LogP contribution in [0, 0.1) is 19.7 Å². The van der Waals surface area contributed by atoms with Crippen LogP contribution in [0.2, 0.25) is 0 Å². The Hall–Kier alpha value is -2.73. The van der Waals surface area contributed by atoms with Crippen LogP contribution in [0.25, 0.3) is 11.0 Å². The van der Waals surface area contributed by atoms with E-state index in [1.165, 1.54) is 6.07 Å². The monoisotopic (exact) mass is 442 g/mol. The van der Waals surface area contributed by atoms with Crippen molar-refractivity contribution in [2.24, 2.45) is 0 Å². The quantitative estimate of drug-likeness (QED) is 0.541. The average molecular weight is 443 g/mol. The molecule has 0 spiro atoms. The van der Waals surface area contributed by atoms with Crippen LogP contribution >= 0.6 is 12.4 Å². The van der Waals surface area contributed by atoms with Gasteiger partial charge in [0.2, 0.25) is 0 Å². The van der Waals surface area contributed by atoms with Crippen LogP contribution in [0.3, 0.4) is 0 Å². The number of aryl methyl sites for hydroxylation is 2. The van der Waals surface area contributed by atoms with Crippen LogP contribution in [-0.4, -0.2) is 33.4 Å². The number of amides is 1. The summed E-state index contributed by atoms with van der Waals surface area (Å²) in [6.07, 6.45) is 5.76. The summed E-state index contributed by atoms with van der Waals surface area (Å²) in [5.74, 6) is -0.273. The van der Waals surface area contributed by atoms with E-state index in [2.05, 4.69) is 22.2 Å². The van der Waals surface area contributed by atoms with Crippen molar-refractivity contribution in [2.75, 3.05) is 11.9 Å². The van der Waals surface area contributed by atoms with Gasteiger partial charge < -0.3 is 10.2 Å². The van der Waals surface area contributed by atoms with Gasteiger partial charge in [0, 0.05) is 35.6 Å². The molecule has 0 aliphatic carbocycles. The Labute approximate surface area is 188 Å². The highest BCUT2D eigenvalue weighted by atomic mass is 35.5. The molecular weight excluding hydrogens is 415 g/mol. The molecule has 3 aromatic rings. The first kappa shape index (κ1) is 22.9. The van der Waals surface area contributed by atoms with E-state index in [1.807, 2.05) is 24.0 Å². The van der Waals surface area contributed by atoms with Crippen molar-refractivity contribution in [3.8, 4) is 0 Å². The summed E-state index contributed by atoms with van der Waals surface area (Å²) < 4.78 is 13.8. The van der Waals surface area contributed by atoms with Crippen molar-refractivity contribution in [1.82, 2.24) is 14.9 Å². The normalized spacial score (nSPS) is 16.1. The number of carbonyl (C=O) groups is 1. The van der Waals surface area contributed by atoms with Gasteiger partial charge in [0.05, 0.1) is 11.3 Å². The van der Waals surface area contributed by atoms with E-state index in [9.17, 15) is 9.18 Å². The Morgan fingerprint density at radius 2 is 2.03 bits per heavy atom. The second-order valence-electron chi connectivity index (χ2n) is 8.02. The highest BCUT2D eigenvalue weighted by Gasteiger charge is 2.28. The van der Waals surface area contributed by atoms with E-state index in [0.717, 1.165) is 49.0 Å². The van der Waals surface area contributed by atoms with Crippen LogP contribution in [0.4, 0.5) is 15.8 Å². The lowest BCUT2D eigenvalue weighted by atomic mass is 9.98. The molecule has 1 aromatic carbocycles. The molecule has 1 amide bonds. The number of pyridine rings is 2. The third-order valence-corrected chi connectivity index (χ3v) is 5.89. The molecule has 164 valence electrons. The number of hydrogen-bond acceptors (Lipinski definition) is 4. The van der Waals surface area contributed by atoms with Gasteiger partial charge in [-0.15, -0.1) is 12.4 Å². The molecule has 5 nitrogen and oxygen atoms in total. The van der Waals surface area contributed by atoms with Gasteiger partial charge in [-0.2, -0.15) is 0 Å². The number of fused-ring (bicyclic) bond motifs is 1. The highest BCUT2D eigenvalue weighted by molar-refractivity contribution is 6.07. The zero-order valence-electron chi connectivity index (χ0n) is 18.1. The number of piperidine rings is 1. The van der Waals surface area contributed by atoms with Gasteiger partial charge in [-0.1, -0.05) is 6.92 Å². The van der Waals surface area contributed by atoms with Crippen molar-refractivity contribution in [1.29, 1.82) is 0 Å². The molecule has 0 radical (unpaired) electrons. The average Bonchev–Trinajstić information content (AvgIpc) is 2.75. The second kappa shape index (κ2) is 9.60. The predicted molar refractivity (Wildman–Crippen MR) is 125 cm³/mol. The number of benzene rings is 1. The number of anilines is 2. The molecule has 7 heteroatoms. The summed E-state index contributed by atoms with van der Waals surface area (Å²) in [5.41, 5.74) is 3.90. The molecule has 1 aliphatic heterocycles. The summed E-state index contributed by atoms with van der Waals surface area (Å²) in [6.45, 7) is 6.52. The Morgan fingerprint density at radius 1 is 1.23 bits per heavy atom. The molecule has 1 unspecified atom stereocenters. The Bertz CT molecular complexity index is 1100. The zero-order chi connectivity index (χ0) is 21.3. The molecule has 3 heterocycles. The fourth-order valence-corrected chi connectivity index (χ4v) is 4.18. The number of hydrogen-bond donors (Lipinski definition) is 1. The molecule has 1 aliphatic rings. The molecule has 2 aromatic heterocycles. The number of halogens is 2. The third-order valence-electron chi connectivity index (χ3n) is 5.89. The Morgan fingerprint density at radius 3 is 2.77 bits per heavy atom. The topological polar surface area (TPSA) is 58.1 Å². The smallest absolute Gasteiger partial charge is 0.257 e. The fourth-order valence-electron chi connectivity index (χ4n) is 4.18. The van der Waals surface area contributed by atoms with E-state index >= 15 is 0 Å². The molecule has 4 rings (SSSR count). The van der Waals surface area contributed by atoms with E-state index in [0.29, 0.717) is 22.5 Å². The molecule has 1 atom stereocenters. The molecule has 1 N–H and O–H groups in total. The van der Waals surface area contributed by atoms with Gasteiger partial charge in [0.25, 0.3) is 5.91 Å². The fraction of sp³-hybridized carbons (Fsp3) is 0.375. The minimum Gasteiger partial charge on any atom is -0.354 e. The van der Waals surface area contributed by atoms with Crippen LogP contribution < -0.4 is 5.32 Å². The largest absolute Gasteiger partial charge is 0.354 e. The van der Waals surface area contributed by atoms with Crippen LogP contribution in [0.15, 0.2) is 36.5 Å². The van der Waals surface area contributed by atoms with Crippen molar-refractivity contribution in [3.63, 3.8) is 0 Å². The SMILES string of the molecule is CCC1CCCCN1C(=O)c1cnc2nc(C)ccc2c1Nc1ccc(F)c(C)c1.Cl. The molecular formula is C24H28ClFN4O. The van der Waals surface area contributed by atoms with Crippen LogP contribution in [0.5, 0.6) is 0 Å². The molecule has 1 saturated heterocycles. The number of likely N-dealkylation sites (tertiary alicyclic amines) is 1. The first-order chi connectivity index (χ1) is 14.5. The van der Waals surface area contributed by atoms with Crippen molar-refractivity contribution in [2.45, 2.75) is 52.5 Å². The maximum absolute atomic E-state index is 13.8. The minimum atomic E-state index is -0.257. The second-order valence-corrected chi connectivity index (χ2v) is 8.02. The number of aromatic nitrogens is 2. The molecule has 1 fully saturated rings. The lowest BCUT2D eigenvalue weighted by Crippen LogP contribution is -2.43. The van der Waals surface area contributed by atoms with Gasteiger partial charge in [-0.3, -0.25) is 4.79 Å². The summed E-state index contributed by atoms with van der Waals surface area (Å²) in [5, 5.41) is 4.14. The number of rotatable bonds is 4. The zero-order valence-corrected chi connectivity index (χ0v) is 18.9. The number of carbonyl (C=O) groups excluding carboxylic acids is 1. The van der Waals surface area contributed by atoms with Gasteiger partial charge in [-0.05, 0) is 75.4 Å². The maximum Gasteiger partial charge on any atom is 0.257 e. The standard InChI is InChI=1S/C24H27FN4O.ClH/c1-4-18-7-5-6-12-29(18)24(30)20-14-26-23-19(10-8-16(3)27-23)22(20)28-17-9-11-21(25)15(2)13-17;/h8-11,13-14,18H,4-7,12H2,1-3H3,(H,26,27,28);1H. The lowest BCUT2D eigenvalue weighted by molar-refractivity contribution is 0.0609. The Balaban J connectivity index is 0.00000272. The van der Waals surface area contributed by atoms with Crippen molar-refractivity contribution in [3.05, 3.63) is 59.2 Å². The van der Waals surface area contributed by atoms with Gasteiger partial charge in [0.1, 0.15) is 5.82 Å². The van der Waals surface area contributed by atoms with Gasteiger partial charge in [-0.25, -0.2) is 14.4 Å². The third kappa shape index (κ3) is 4.64.